The van der Waals surface area contributed by atoms with Gasteiger partial charge in [-0.15, -0.1) is 0 Å². The molecule has 0 saturated carbocycles. The lowest BCUT2D eigenvalue weighted by molar-refractivity contribution is -0.143. The van der Waals surface area contributed by atoms with Crippen LogP contribution in [0.5, 0.6) is 11.5 Å². The van der Waals surface area contributed by atoms with Crippen molar-refractivity contribution in [3.05, 3.63) is 94.5 Å². The predicted octanol–water partition coefficient (Wildman–Crippen LogP) is 9.24. The number of carbonyl (C=O) groups excluding carboxylic acids is 1. The number of benzene rings is 4. The summed E-state index contributed by atoms with van der Waals surface area (Å²) in [5.41, 5.74) is 20.5. The number of rotatable bonds is 12. The Bertz CT molecular complexity index is 1690. The van der Waals surface area contributed by atoms with E-state index >= 15 is 0 Å². The number of hydrogen-bond acceptors (Lipinski definition) is 10. The molecule has 2 heterocycles. The number of aryl methyl sites for hydroxylation is 3. The van der Waals surface area contributed by atoms with Gasteiger partial charge in [0, 0.05) is 11.4 Å². The normalized spacial score (nSPS) is 12.5. The van der Waals surface area contributed by atoms with Crippen LogP contribution in [0.1, 0.15) is 68.6 Å². The topological polar surface area (TPSA) is 121 Å². The van der Waals surface area contributed by atoms with Crippen LogP contribution in [-0.4, -0.2) is 22.8 Å². The van der Waals surface area contributed by atoms with Crippen molar-refractivity contribution in [3.8, 4) is 11.5 Å². The van der Waals surface area contributed by atoms with Crippen LogP contribution in [0.15, 0.2) is 72.8 Å². The summed E-state index contributed by atoms with van der Waals surface area (Å²) in [5.74, 6) is 0.233. The first kappa shape index (κ1) is 34.4. The average Bonchev–Trinajstić information content (AvgIpc) is 3.70. The molecule has 0 radical (unpaired) electrons. The molecule has 0 unspecified atom stereocenters. The standard InChI is InChI=1S/C24H32ClN3O3.C13H13N3O/c1-3-4-5-6-7-8-13-31-23(29)12-9-18-14-17(2)24(30)22(15-18)28-26-20-11-10-19(25)16-21(20)27-28;1-9-6-7-13(17)12(8-9)16-14-10-4-2-3-5-11(10)15-16/h10-11,14-16,26-27,30H,3-9,12-13H2,1-2H3;2-8,14-15,17H,1H3. The van der Waals surface area contributed by atoms with E-state index in [-0.39, 0.29) is 17.5 Å². The van der Waals surface area contributed by atoms with Crippen LogP contribution < -0.4 is 31.9 Å². The fourth-order valence-electron chi connectivity index (χ4n) is 5.51. The number of esters is 1. The second-order valence-electron chi connectivity index (χ2n) is 12.1. The van der Waals surface area contributed by atoms with Gasteiger partial charge in [0.15, 0.2) is 0 Å². The van der Waals surface area contributed by atoms with Crippen molar-refractivity contribution < 1.29 is 19.7 Å². The van der Waals surface area contributed by atoms with Crippen LogP contribution in [0.2, 0.25) is 5.02 Å². The maximum atomic E-state index is 12.1. The summed E-state index contributed by atoms with van der Waals surface area (Å²) < 4.78 is 5.37. The summed E-state index contributed by atoms with van der Waals surface area (Å²) in [6.07, 6.45) is 7.87. The molecule has 2 aliphatic rings. The summed E-state index contributed by atoms with van der Waals surface area (Å²) >= 11 is 6.06. The Labute approximate surface area is 287 Å². The number of nitrogens with one attached hydrogen (secondary N) is 4. The third-order valence-electron chi connectivity index (χ3n) is 8.17. The van der Waals surface area contributed by atoms with Crippen LogP contribution in [-0.2, 0) is 16.0 Å². The van der Waals surface area contributed by atoms with Gasteiger partial charge >= 0.3 is 5.97 Å². The van der Waals surface area contributed by atoms with Crippen molar-refractivity contribution >= 4 is 51.7 Å². The number of aromatic hydroxyl groups is 2. The Hall–Kier alpha value is -4.96. The Morgan fingerprint density at radius 2 is 1.40 bits per heavy atom. The predicted molar refractivity (Wildman–Crippen MR) is 196 cm³/mol. The van der Waals surface area contributed by atoms with Crippen molar-refractivity contribution in [1.82, 2.24) is 0 Å². The van der Waals surface area contributed by atoms with Crippen molar-refractivity contribution in [2.45, 2.75) is 72.1 Å². The summed E-state index contributed by atoms with van der Waals surface area (Å²) in [6.45, 7) is 6.53. The maximum Gasteiger partial charge on any atom is 0.306 e. The zero-order valence-corrected chi connectivity index (χ0v) is 28.5. The number of unbranched alkanes of at least 4 members (excludes halogenated alkanes) is 5. The molecule has 254 valence electrons. The molecule has 48 heavy (non-hydrogen) atoms. The van der Waals surface area contributed by atoms with Crippen molar-refractivity contribution in [1.29, 1.82) is 0 Å². The molecule has 0 fully saturated rings. The molecule has 0 atom stereocenters. The Morgan fingerprint density at radius 1 is 0.750 bits per heavy atom. The van der Waals surface area contributed by atoms with Crippen LogP contribution in [0.3, 0.4) is 0 Å². The number of hydrogen-bond donors (Lipinski definition) is 6. The van der Waals surface area contributed by atoms with Crippen LogP contribution in [0.4, 0.5) is 34.1 Å². The second-order valence-corrected chi connectivity index (χ2v) is 12.6. The number of fused-ring (bicyclic) bond motifs is 2. The van der Waals surface area contributed by atoms with Crippen molar-refractivity contribution in [3.63, 3.8) is 0 Å². The fraction of sp³-hybridized carbons (Fsp3) is 0.324. The quantitative estimate of drug-likeness (QED) is 0.0641. The zero-order chi connectivity index (χ0) is 34.0. The molecular weight excluding hydrogens is 628 g/mol. The number of halogens is 1. The summed E-state index contributed by atoms with van der Waals surface area (Å²) in [4.78, 5) is 12.1. The van der Waals surface area contributed by atoms with E-state index in [9.17, 15) is 15.0 Å². The Kier molecular flexibility index (Phi) is 11.6. The number of phenolic OH excluding ortho intramolecular Hbond substituents is 2. The molecule has 2 aliphatic heterocycles. The highest BCUT2D eigenvalue weighted by molar-refractivity contribution is 6.31. The first-order valence-electron chi connectivity index (χ1n) is 16.5. The molecule has 6 N–H and O–H groups in total. The van der Waals surface area contributed by atoms with E-state index in [2.05, 4.69) is 28.6 Å². The number of ether oxygens (including phenoxy) is 1. The molecule has 11 heteroatoms. The molecule has 0 aromatic heterocycles. The summed E-state index contributed by atoms with van der Waals surface area (Å²) in [7, 11) is 0. The van der Waals surface area contributed by atoms with Gasteiger partial charge in [-0.1, -0.05) is 74.9 Å². The number of carbonyl (C=O) groups is 1. The molecule has 10 nitrogen and oxygen atoms in total. The first-order chi connectivity index (χ1) is 23.2. The zero-order valence-electron chi connectivity index (χ0n) is 27.8. The minimum Gasteiger partial charge on any atom is -0.506 e. The van der Waals surface area contributed by atoms with E-state index in [1.165, 1.54) is 25.7 Å². The lowest BCUT2D eigenvalue weighted by Crippen LogP contribution is -2.29. The van der Waals surface area contributed by atoms with Gasteiger partial charge in [0.25, 0.3) is 0 Å². The smallest absolute Gasteiger partial charge is 0.306 e. The number of anilines is 6. The summed E-state index contributed by atoms with van der Waals surface area (Å²) in [6, 6.07) is 22.6. The Balaban J connectivity index is 0.000000221. The molecule has 6 rings (SSSR count). The number of nitrogens with zero attached hydrogens (tertiary/aromatic N) is 2. The molecule has 0 saturated heterocycles. The summed E-state index contributed by atoms with van der Waals surface area (Å²) in [5, 5.41) is 24.4. The molecular formula is C37H45ClN6O4. The van der Waals surface area contributed by atoms with E-state index in [4.69, 9.17) is 16.3 Å². The highest BCUT2D eigenvalue weighted by Gasteiger charge is 2.23. The lowest BCUT2D eigenvalue weighted by Gasteiger charge is -2.22. The molecule has 4 aromatic carbocycles. The van der Waals surface area contributed by atoms with Gasteiger partial charge in [-0.25, -0.2) is 0 Å². The largest absolute Gasteiger partial charge is 0.506 e. The van der Waals surface area contributed by atoms with E-state index < -0.39 is 0 Å². The van der Waals surface area contributed by atoms with Gasteiger partial charge in [0.2, 0.25) is 0 Å². The monoisotopic (exact) mass is 672 g/mol. The minimum absolute atomic E-state index is 0.174. The van der Waals surface area contributed by atoms with Crippen LogP contribution >= 0.6 is 11.6 Å². The van der Waals surface area contributed by atoms with E-state index in [1.807, 2.05) is 74.5 Å². The maximum absolute atomic E-state index is 12.1. The SMILES string of the molecule is CCCCCCCCOC(=O)CCc1cc(C)c(O)c(N2Nc3ccc(Cl)cc3N2)c1.Cc1ccc(O)c(N2Nc3ccccc3N2)c1. The number of phenols is 2. The highest BCUT2D eigenvalue weighted by atomic mass is 35.5. The fourth-order valence-corrected chi connectivity index (χ4v) is 5.68. The average molecular weight is 673 g/mol. The van der Waals surface area contributed by atoms with Gasteiger partial charge in [-0.2, -0.15) is 10.2 Å². The third kappa shape index (κ3) is 8.89. The third-order valence-corrected chi connectivity index (χ3v) is 8.40. The van der Waals surface area contributed by atoms with Gasteiger partial charge in [0.05, 0.1) is 29.4 Å². The first-order valence-corrected chi connectivity index (χ1v) is 16.9. The lowest BCUT2D eigenvalue weighted by atomic mass is 10.0. The van der Waals surface area contributed by atoms with Gasteiger partial charge < -0.3 is 14.9 Å². The number of para-hydroxylation sites is 2. The Morgan fingerprint density at radius 3 is 2.12 bits per heavy atom. The molecule has 4 aromatic rings. The molecule has 0 aliphatic carbocycles. The van der Waals surface area contributed by atoms with E-state index in [0.29, 0.717) is 35.8 Å². The van der Waals surface area contributed by atoms with Gasteiger partial charge in [-0.3, -0.25) is 26.5 Å². The van der Waals surface area contributed by atoms with Crippen molar-refractivity contribution in [2.75, 3.05) is 38.5 Å². The minimum atomic E-state index is -0.180. The molecule has 0 bridgehead atoms. The van der Waals surface area contributed by atoms with Crippen LogP contribution in [0, 0.1) is 13.8 Å². The van der Waals surface area contributed by atoms with Crippen LogP contribution in [0.25, 0.3) is 0 Å². The van der Waals surface area contributed by atoms with E-state index in [0.717, 1.165) is 52.3 Å². The highest BCUT2D eigenvalue weighted by Crippen LogP contribution is 2.39. The molecule has 0 spiro atoms. The van der Waals surface area contributed by atoms with Gasteiger partial charge in [0.1, 0.15) is 22.9 Å². The van der Waals surface area contributed by atoms with Gasteiger partial charge in [-0.05, 0) is 91.9 Å². The molecule has 0 amide bonds. The van der Waals surface area contributed by atoms with E-state index in [1.54, 1.807) is 22.4 Å². The second kappa shape index (κ2) is 16.2. The van der Waals surface area contributed by atoms with Crippen molar-refractivity contribution in [2.24, 2.45) is 0 Å². The number of hydrazine groups is 4.